The maximum absolute atomic E-state index is 10.0. The number of aliphatic carboxylic acids is 1. The Morgan fingerprint density at radius 3 is 1.07 bits per heavy atom. The third-order valence-electron chi connectivity index (χ3n) is 0.898. The number of Topliss-reactive ketones (excluding diaryl/α,β-unsaturated/α-hetero) is 3. The number of hydrogen-bond acceptors (Lipinski definition) is 4. The maximum Gasteiger partial charge on any atom is 0.310 e. The molecule has 0 saturated heterocycles. The van der Waals surface area contributed by atoms with Gasteiger partial charge in [0.25, 0.3) is 0 Å². The summed E-state index contributed by atoms with van der Waals surface area (Å²) in [6.45, 7) is 4.05. The molecule has 15 heavy (non-hydrogen) atoms. The van der Waals surface area contributed by atoms with Crippen LogP contribution in [0.5, 0.6) is 0 Å². The summed E-state index contributed by atoms with van der Waals surface area (Å²) in [4.78, 5) is 39.5. The molecule has 0 aliphatic heterocycles. The van der Waals surface area contributed by atoms with Crippen LogP contribution < -0.4 is 0 Å². The minimum absolute atomic E-state index is 0. The summed E-state index contributed by atoms with van der Waals surface area (Å²) in [6.07, 6.45) is -0.278. The Morgan fingerprint density at radius 1 is 0.800 bits per heavy atom. The van der Waals surface area contributed by atoms with Crippen LogP contribution >= 0.6 is 0 Å². The van der Waals surface area contributed by atoms with E-state index in [1.54, 1.807) is 0 Å². The van der Waals surface area contributed by atoms with Gasteiger partial charge in [-0.1, -0.05) is 0 Å². The van der Waals surface area contributed by atoms with Gasteiger partial charge in [-0.05, 0) is 20.8 Å². The van der Waals surface area contributed by atoms with Crippen LogP contribution in [0.25, 0.3) is 0 Å². The van der Waals surface area contributed by atoms with Crippen molar-refractivity contribution in [2.24, 2.45) is 0 Å². The lowest BCUT2D eigenvalue weighted by atomic mass is 10.2. The van der Waals surface area contributed by atoms with Crippen molar-refractivity contribution in [2.45, 2.75) is 33.6 Å². The van der Waals surface area contributed by atoms with E-state index < -0.39 is 5.97 Å². The van der Waals surface area contributed by atoms with E-state index in [-0.39, 0.29) is 47.6 Å². The Hall–Kier alpha value is -0.988. The lowest BCUT2D eigenvalue weighted by molar-refractivity contribution is -0.139. The highest BCUT2D eigenvalue weighted by molar-refractivity contribution is 5.96. The van der Waals surface area contributed by atoms with Crippen molar-refractivity contribution in [3.63, 3.8) is 0 Å². The summed E-state index contributed by atoms with van der Waals surface area (Å²) in [5.74, 6) is -1.50. The number of ketones is 3. The van der Waals surface area contributed by atoms with Gasteiger partial charge < -0.3 is 5.11 Å². The van der Waals surface area contributed by atoms with E-state index in [1.807, 2.05) is 0 Å². The topological polar surface area (TPSA) is 88.5 Å². The van der Waals surface area contributed by atoms with Crippen LogP contribution in [-0.4, -0.2) is 45.8 Å². The van der Waals surface area contributed by atoms with E-state index in [4.69, 9.17) is 5.11 Å². The number of carboxylic acids is 1. The van der Waals surface area contributed by atoms with Gasteiger partial charge in [-0.2, -0.15) is 0 Å². The fourth-order valence-corrected chi connectivity index (χ4v) is 0.564. The first-order chi connectivity index (χ1) is 6.25. The molecule has 0 bridgehead atoms. The van der Waals surface area contributed by atoms with Gasteiger partial charge in [-0.3, -0.25) is 19.2 Å². The summed E-state index contributed by atoms with van der Waals surface area (Å²) in [5, 5.41) is 7.86. The molecule has 0 unspecified atom stereocenters. The minimum Gasteiger partial charge on any atom is -0.481 e. The van der Waals surface area contributed by atoms with Crippen LogP contribution in [0.3, 0.4) is 0 Å². The Balaban J connectivity index is -0.000000180. The third kappa shape index (κ3) is 32.1. The Morgan fingerprint density at radius 2 is 1.07 bits per heavy atom. The number of carbonyl (C=O) groups is 4. The fourth-order valence-electron chi connectivity index (χ4n) is 0.564. The molecule has 0 radical (unpaired) electrons. The zero-order valence-corrected chi connectivity index (χ0v) is 8.49. The molecule has 0 spiro atoms. The highest BCUT2D eigenvalue weighted by Gasteiger charge is 1.98. The van der Waals surface area contributed by atoms with Gasteiger partial charge in [0.15, 0.2) is 17.4 Å². The average molecular weight is 232 g/mol. The normalized spacial score (nSPS) is 7.67. The second-order valence-corrected chi connectivity index (χ2v) is 2.85. The first kappa shape index (κ1) is 19.6. The minimum atomic E-state index is -1.06. The molecule has 0 amide bonds. The predicted molar refractivity (Wildman–Crippen MR) is 58.9 cm³/mol. The number of hydrogen-bond donors (Lipinski definition) is 1. The van der Waals surface area contributed by atoms with Crippen molar-refractivity contribution in [3.8, 4) is 0 Å². The van der Waals surface area contributed by atoms with Crippen molar-refractivity contribution >= 4 is 40.7 Å². The molecule has 86 valence electrons. The van der Waals surface area contributed by atoms with E-state index in [0.717, 1.165) is 0 Å². The van der Waals surface area contributed by atoms with Gasteiger partial charge in [0, 0.05) is 0 Å². The molecule has 0 aromatic carbocycles. The first-order valence-corrected chi connectivity index (χ1v) is 3.95. The van der Waals surface area contributed by atoms with E-state index in [0.29, 0.717) is 0 Å². The molecule has 0 aromatic heterocycles. The molecular formula is C9H17AlO5. The smallest absolute Gasteiger partial charge is 0.310 e. The number of rotatable bonds is 4. The Kier molecular flexibility index (Phi) is 14.5. The zero-order chi connectivity index (χ0) is 11.7. The SMILES string of the molecule is CC(=O)CC(=O)O.CC(=O)CC(C)=O.[AlH3]. The van der Waals surface area contributed by atoms with Gasteiger partial charge in [0.2, 0.25) is 0 Å². The van der Waals surface area contributed by atoms with Crippen LogP contribution in [0.4, 0.5) is 0 Å². The van der Waals surface area contributed by atoms with Crippen molar-refractivity contribution in [3.05, 3.63) is 0 Å². The van der Waals surface area contributed by atoms with Gasteiger partial charge in [0.1, 0.15) is 23.8 Å². The molecule has 6 heteroatoms. The molecule has 1 N–H and O–H groups in total. The van der Waals surface area contributed by atoms with Crippen molar-refractivity contribution in [1.82, 2.24) is 0 Å². The van der Waals surface area contributed by atoms with Crippen molar-refractivity contribution in [1.29, 1.82) is 0 Å². The fraction of sp³-hybridized carbons (Fsp3) is 0.556. The second-order valence-electron chi connectivity index (χ2n) is 2.85. The Labute approximate surface area is 99.0 Å². The Bertz CT molecular complexity index is 197. The molecule has 0 fully saturated rings. The summed E-state index contributed by atoms with van der Waals surface area (Å²) >= 11 is 0. The first-order valence-electron chi connectivity index (χ1n) is 3.95. The van der Waals surface area contributed by atoms with Crippen LogP contribution in [0.2, 0.25) is 0 Å². The second kappa shape index (κ2) is 11.1. The van der Waals surface area contributed by atoms with Crippen molar-refractivity contribution in [2.75, 3.05) is 0 Å². The van der Waals surface area contributed by atoms with Crippen LogP contribution in [0, 0.1) is 0 Å². The zero-order valence-electron chi connectivity index (χ0n) is 8.49. The maximum atomic E-state index is 10.0. The van der Waals surface area contributed by atoms with E-state index in [2.05, 4.69) is 0 Å². The summed E-state index contributed by atoms with van der Waals surface area (Å²) < 4.78 is 0. The lowest BCUT2D eigenvalue weighted by Crippen LogP contribution is -2.00. The van der Waals surface area contributed by atoms with Gasteiger partial charge >= 0.3 is 5.97 Å². The van der Waals surface area contributed by atoms with Gasteiger partial charge in [-0.25, -0.2) is 0 Å². The van der Waals surface area contributed by atoms with E-state index in [9.17, 15) is 19.2 Å². The van der Waals surface area contributed by atoms with Crippen LogP contribution in [0.1, 0.15) is 33.6 Å². The van der Waals surface area contributed by atoms with Crippen LogP contribution in [0.15, 0.2) is 0 Å². The van der Waals surface area contributed by atoms with Crippen molar-refractivity contribution < 1.29 is 24.3 Å². The molecule has 0 aliphatic rings. The summed E-state index contributed by atoms with van der Waals surface area (Å²) in [6, 6.07) is 0. The molecular weight excluding hydrogens is 215 g/mol. The van der Waals surface area contributed by atoms with Gasteiger partial charge in [0.05, 0.1) is 6.42 Å². The van der Waals surface area contributed by atoms with Crippen LogP contribution in [-0.2, 0) is 19.2 Å². The largest absolute Gasteiger partial charge is 0.481 e. The monoisotopic (exact) mass is 232 g/mol. The van der Waals surface area contributed by atoms with E-state index in [1.165, 1.54) is 20.8 Å². The standard InChI is InChI=1S/C5H8O2.C4H6O3.Al.3H/c1-4(6)3-5(2)7;1-3(5)2-4(6)7;;;;/h3H2,1-2H3;2H2,1H3,(H,6,7);;;;. The summed E-state index contributed by atoms with van der Waals surface area (Å²) in [5.41, 5.74) is 0. The average Bonchev–Trinajstić information content (AvgIpc) is 1.79. The third-order valence-corrected chi connectivity index (χ3v) is 0.898. The number of carbonyl (C=O) groups excluding carboxylic acids is 3. The molecule has 0 saturated carbocycles. The highest BCUT2D eigenvalue weighted by Crippen LogP contribution is 1.80. The summed E-state index contributed by atoms with van der Waals surface area (Å²) in [7, 11) is 0. The lowest BCUT2D eigenvalue weighted by Gasteiger charge is -1.81. The van der Waals surface area contributed by atoms with E-state index >= 15 is 0 Å². The quantitative estimate of drug-likeness (QED) is 0.517. The van der Waals surface area contributed by atoms with Gasteiger partial charge in [-0.15, -0.1) is 0 Å². The predicted octanol–water partition coefficient (Wildman–Crippen LogP) is -0.579. The molecule has 0 rings (SSSR count). The molecule has 5 nitrogen and oxygen atoms in total. The molecule has 0 heterocycles. The number of carboxylic acid groups (broad SMARTS) is 1. The molecule has 0 atom stereocenters. The highest BCUT2D eigenvalue weighted by atomic mass is 27.0. The molecule has 0 aromatic rings. The molecule has 0 aliphatic carbocycles.